The number of hydrogen-bond acceptors (Lipinski definition) is 2. The normalized spacial score (nSPS) is 10.9. The van der Waals surface area contributed by atoms with Gasteiger partial charge in [0.25, 0.3) is 0 Å². The lowest BCUT2D eigenvalue weighted by molar-refractivity contribution is 0.417. The molecule has 0 aromatic heterocycles. The smallest absolute Gasteiger partial charge is 0.127 e. The zero-order valence-electron chi connectivity index (χ0n) is 17.9. The molecule has 0 aliphatic rings. The van der Waals surface area contributed by atoms with E-state index in [9.17, 15) is 0 Å². The van der Waals surface area contributed by atoms with Crippen LogP contribution in [0.15, 0.2) is 66.7 Å². The lowest BCUT2D eigenvalue weighted by Crippen LogP contribution is -2.23. The zero-order chi connectivity index (χ0) is 20.6. The molecular formula is C26H31O2P. The van der Waals surface area contributed by atoms with Crippen LogP contribution >= 0.6 is 7.92 Å². The predicted molar refractivity (Wildman–Crippen MR) is 126 cm³/mol. The average Bonchev–Trinajstić information content (AvgIpc) is 2.76. The first-order valence-electron chi connectivity index (χ1n) is 10.4. The maximum atomic E-state index is 5.87. The van der Waals surface area contributed by atoms with Gasteiger partial charge in [-0.25, -0.2) is 0 Å². The fourth-order valence-corrected chi connectivity index (χ4v) is 6.17. The Morgan fingerprint density at radius 2 is 1.14 bits per heavy atom. The van der Waals surface area contributed by atoms with E-state index in [1.54, 1.807) is 14.2 Å². The second kappa shape index (κ2) is 10.5. The van der Waals surface area contributed by atoms with Gasteiger partial charge >= 0.3 is 0 Å². The molecule has 0 atom stereocenters. The molecule has 0 spiro atoms. The molecular weight excluding hydrogens is 375 g/mol. The second-order valence-electron chi connectivity index (χ2n) is 7.18. The van der Waals surface area contributed by atoms with Gasteiger partial charge in [0.2, 0.25) is 0 Å². The Kier molecular flexibility index (Phi) is 7.72. The highest BCUT2D eigenvalue weighted by Gasteiger charge is 2.24. The van der Waals surface area contributed by atoms with Crippen molar-refractivity contribution in [3.8, 4) is 11.5 Å². The third kappa shape index (κ3) is 5.00. The van der Waals surface area contributed by atoms with Gasteiger partial charge in [0, 0.05) is 10.6 Å². The Hall–Kier alpha value is -2.31. The van der Waals surface area contributed by atoms with Crippen molar-refractivity contribution in [1.82, 2.24) is 0 Å². The molecule has 0 N–H and O–H groups in total. The summed E-state index contributed by atoms with van der Waals surface area (Å²) in [7, 11) is 2.75. The highest BCUT2D eigenvalue weighted by molar-refractivity contribution is 7.80. The lowest BCUT2D eigenvalue weighted by atomic mass is 10.1. The van der Waals surface area contributed by atoms with Crippen LogP contribution in [0, 0.1) is 0 Å². The van der Waals surface area contributed by atoms with Crippen molar-refractivity contribution >= 4 is 23.8 Å². The molecule has 2 nitrogen and oxygen atoms in total. The van der Waals surface area contributed by atoms with Crippen LogP contribution in [0.25, 0.3) is 0 Å². The molecule has 3 aromatic carbocycles. The number of hydrogen-bond donors (Lipinski definition) is 0. The molecule has 0 bridgehead atoms. The molecule has 29 heavy (non-hydrogen) atoms. The molecule has 0 unspecified atom stereocenters. The first-order chi connectivity index (χ1) is 14.2. The van der Waals surface area contributed by atoms with Crippen molar-refractivity contribution in [2.45, 2.75) is 39.5 Å². The summed E-state index contributed by atoms with van der Waals surface area (Å²) in [5, 5.41) is 3.76. The molecule has 0 amide bonds. The zero-order valence-corrected chi connectivity index (χ0v) is 18.8. The van der Waals surface area contributed by atoms with E-state index in [4.69, 9.17) is 9.47 Å². The third-order valence-electron chi connectivity index (χ3n) is 5.06. The van der Waals surface area contributed by atoms with Crippen molar-refractivity contribution in [2.75, 3.05) is 14.2 Å². The molecule has 3 heteroatoms. The van der Waals surface area contributed by atoms with Crippen LogP contribution in [0.4, 0.5) is 0 Å². The maximum Gasteiger partial charge on any atom is 0.127 e. The monoisotopic (exact) mass is 406 g/mol. The average molecular weight is 407 g/mol. The first kappa shape index (κ1) is 21.4. The van der Waals surface area contributed by atoms with Crippen molar-refractivity contribution in [3.63, 3.8) is 0 Å². The van der Waals surface area contributed by atoms with Crippen LogP contribution in [0.3, 0.4) is 0 Å². The number of aryl methyl sites for hydroxylation is 2. The number of rotatable bonds is 9. The maximum absolute atomic E-state index is 5.87. The molecule has 3 rings (SSSR count). The molecule has 152 valence electrons. The minimum Gasteiger partial charge on any atom is -0.496 e. The fourth-order valence-electron chi connectivity index (χ4n) is 3.69. The third-order valence-corrected chi connectivity index (χ3v) is 7.58. The van der Waals surface area contributed by atoms with Gasteiger partial charge in [-0.2, -0.15) is 0 Å². The molecule has 3 aromatic rings. The summed E-state index contributed by atoms with van der Waals surface area (Å²) in [6, 6.07) is 24.1. The van der Waals surface area contributed by atoms with E-state index in [1.807, 2.05) is 0 Å². The molecule has 0 aliphatic carbocycles. The van der Waals surface area contributed by atoms with Crippen LogP contribution in [-0.4, -0.2) is 14.2 Å². The van der Waals surface area contributed by atoms with Gasteiger partial charge in [-0.1, -0.05) is 69.2 Å². The van der Waals surface area contributed by atoms with Crippen molar-refractivity contribution < 1.29 is 9.47 Å². The lowest BCUT2D eigenvalue weighted by Gasteiger charge is -2.24. The highest BCUT2D eigenvalue weighted by atomic mass is 31.1. The van der Waals surface area contributed by atoms with E-state index < -0.39 is 7.92 Å². The number of methoxy groups -OCH3 is 2. The molecule has 0 aliphatic heterocycles. The topological polar surface area (TPSA) is 18.5 Å². The van der Waals surface area contributed by atoms with Crippen LogP contribution in [0.2, 0.25) is 0 Å². The van der Waals surface area contributed by atoms with E-state index in [1.165, 1.54) is 27.0 Å². The highest BCUT2D eigenvalue weighted by Crippen LogP contribution is 2.40. The van der Waals surface area contributed by atoms with Crippen molar-refractivity contribution in [1.29, 1.82) is 0 Å². The van der Waals surface area contributed by atoms with Crippen LogP contribution in [0.1, 0.15) is 37.8 Å². The predicted octanol–water partition coefficient (Wildman–Crippen LogP) is 5.37. The molecule has 0 radical (unpaired) electrons. The minimum atomic E-state index is -0.793. The summed E-state index contributed by atoms with van der Waals surface area (Å²) < 4.78 is 11.7. The summed E-state index contributed by atoms with van der Waals surface area (Å²) in [6.07, 6.45) is 4.38. The van der Waals surface area contributed by atoms with Crippen LogP contribution in [0.5, 0.6) is 11.5 Å². The summed E-state index contributed by atoms with van der Waals surface area (Å²) >= 11 is 0. The van der Waals surface area contributed by atoms with Crippen molar-refractivity contribution in [3.05, 3.63) is 77.9 Å². The summed E-state index contributed by atoms with van der Waals surface area (Å²) in [5.41, 5.74) is 2.64. The van der Waals surface area contributed by atoms with E-state index in [2.05, 4.69) is 80.6 Å². The van der Waals surface area contributed by atoms with Crippen molar-refractivity contribution in [2.24, 2.45) is 0 Å². The standard InChI is InChI=1S/C26H31O2P/c1-5-10-20-14-16-25(23(18-20)27-3)29(22-12-8-7-9-13-22)26-17-15-21(11-6-2)19-24(26)28-4/h7-9,12-19H,5-6,10-11H2,1-4H3. The van der Waals surface area contributed by atoms with E-state index in [0.29, 0.717) is 0 Å². The molecule has 0 heterocycles. The summed E-state index contributed by atoms with van der Waals surface area (Å²) in [4.78, 5) is 0. The Balaban J connectivity index is 2.17. The number of benzene rings is 3. The van der Waals surface area contributed by atoms with Gasteiger partial charge in [0.1, 0.15) is 11.5 Å². The van der Waals surface area contributed by atoms with Gasteiger partial charge < -0.3 is 9.47 Å². The van der Waals surface area contributed by atoms with E-state index in [0.717, 1.165) is 37.2 Å². The van der Waals surface area contributed by atoms with Gasteiger partial charge in [-0.15, -0.1) is 0 Å². The van der Waals surface area contributed by atoms with Crippen LogP contribution < -0.4 is 25.4 Å². The fraction of sp³-hybridized carbons (Fsp3) is 0.308. The largest absolute Gasteiger partial charge is 0.496 e. The molecule has 0 fully saturated rings. The molecule has 0 saturated heterocycles. The van der Waals surface area contributed by atoms with Gasteiger partial charge in [0.15, 0.2) is 0 Å². The Morgan fingerprint density at radius 3 is 1.55 bits per heavy atom. The van der Waals surface area contributed by atoms with E-state index in [-0.39, 0.29) is 0 Å². The Morgan fingerprint density at radius 1 is 0.655 bits per heavy atom. The second-order valence-corrected chi connectivity index (χ2v) is 9.33. The van der Waals surface area contributed by atoms with E-state index >= 15 is 0 Å². The summed E-state index contributed by atoms with van der Waals surface area (Å²) in [6.45, 7) is 4.42. The Labute approximate surface area is 176 Å². The Bertz CT molecular complexity index is 864. The minimum absolute atomic E-state index is 0.793. The quantitative estimate of drug-likeness (QED) is 0.445. The van der Waals surface area contributed by atoms with Crippen LogP contribution in [-0.2, 0) is 12.8 Å². The van der Waals surface area contributed by atoms with Gasteiger partial charge in [-0.3, -0.25) is 0 Å². The van der Waals surface area contributed by atoms with Gasteiger partial charge in [-0.05, 0) is 61.5 Å². The number of ether oxygens (including phenoxy) is 2. The van der Waals surface area contributed by atoms with Gasteiger partial charge in [0.05, 0.1) is 14.2 Å². The first-order valence-corrected chi connectivity index (χ1v) is 11.7. The summed E-state index contributed by atoms with van der Waals surface area (Å²) in [5.74, 6) is 1.93. The molecule has 0 saturated carbocycles. The SMILES string of the molecule is CCCc1ccc(P(c2ccccc2)c2ccc(CCC)cc2OC)c(OC)c1.